The first-order chi connectivity index (χ1) is 14.3. The maximum atomic E-state index is 12.7. The van der Waals surface area contributed by atoms with Crippen LogP contribution in [0.4, 0.5) is 4.79 Å². The summed E-state index contributed by atoms with van der Waals surface area (Å²) in [6, 6.07) is 10.1. The van der Waals surface area contributed by atoms with Gasteiger partial charge >= 0.3 is 12.1 Å². The summed E-state index contributed by atoms with van der Waals surface area (Å²) >= 11 is 5.74. The van der Waals surface area contributed by atoms with Gasteiger partial charge in [0.05, 0.1) is 0 Å². The molecule has 9 heteroatoms. The summed E-state index contributed by atoms with van der Waals surface area (Å²) in [4.78, 5) is 40.3. The second-order valence-corrected chi connectivity index (χ2v) is 7.41. The van der Waals surface area contributed by atoms with E-state index < -0.39 is 30.1 Å². The Labute approximate surface area is 179 Å². The Balaban J connectivity index is 1.97. The molecule has 0 aliphatic carbocycles. The number of aliphatic carboxylic acids is 1. The number of nitrogens with one attached hydrogen (secondary N) is 2. The first kappa shape index (κ1) is 23.2. The van der Waals surface area contributed by atoms with Crippen molar-refractivity contribution in [2.24, 2.45) is 5.92 Å². The highest BCUT2D eigenvalue weighted by atomic mass is 35.5. The molecule has 2 amide bonds. The Hall–Kier alpha value is -3.13. The number of pyridine rings is 1. The molecule has 0 bridgehead atoms. The van der Waals surface area contributed by atoms with Crippen molar-refractivity contribution in [1.82, 2.24) is 15.6 Å². The van der Waals surface area contributed by atoms with Crippen LogP contribution in [-0.2, 0) is 27.4 Å². The lowest BCUT2D eigenvalue weighted by atomic mass is 10.0. The monoisotopic (exact) mass is 433 g/mol. The summed E-state index contributed by atoms with van der Waals surface area (Å²) < 4.78 is 5.15. The molecule has 0 saturated carbocycles. The molecule has 0 fully saturated rings. The SMILES string of the molecule is CC(C)[C@@H](NC(=O)OCc1ccccc1)C(=O)N[C@H](Cc1ccc(Cl)nc1)C(=O)O. The van der Waals surface area contributed by atoms with Gasteiger partial charge in [-0.25, -0.2) is 14.6 Å². The zero-order chi connectivity index (χ0) is 22.1. The fraction of sp³-hybridized carbons (Fsp3) is 0.333. The number of nitrogens with zero attached hydrogens (tertiary/aromatic N) is 1. The number of halogens is 1. The van der Waals surface area contributed by atoms with Gasteiger partial charge < -0.3 is 20.5 Å². The molecule has 0 aliphatic heterocycles. The van der Waals surface area contributed by atoms with Crippen molar-refractivity contribution in [1.29, 1.82) is 0 Å². The van der Waals surface area contributed by atoms with Crippen molar-refractivity contribution in [3.63, 3.8) is 0 Å². The van der Waals surface area contributed by atoms with E-state index in [4.69, 9.17) is 16.3 Å². The predicted molar refractivity (Wildman–Crippen MR) is 111 cm³/mol. The molecular formula is C21H24ClN3O5. The van der Waals surface area contributed by atoms with Crippen LogP contribution in [0.5, 0.6) is 0 Å². The maximum Gasteiger partial charge on any atom is 0.408 e. The topological polar surface area (TPSA) is 118 Å². The number of rotatable bonds is 9. The van der Waals surface area contributed by atoms with Gasteiger partial charge in [0.1, 0.15) is 23.8 Å². The molecule has 2 aromatic rings. The molecule has 2 rings (SSSR count). The van der Waals surface area contributed by atoms with Crippen LogP contribution in [0.3, 0.4) is 0 Å². The third kappa shape index (κ3) is 7.36. The summed E-state index contributed by atoms with van der Waals surface area (Å²) in [5.41, 5.74) is 1.41. The van der Waals surface area contributed by atoms with Crippen molar-refractivity contribution < 1.29 is 24.2 Å². The lowest BCUT2D eigenvalue weighted by Gasteiger charge is -2.23. The van der Waals surface area contributed by atoms with Gasteiger partial charge in [0, 0.05) is 12.6 Å². The number of hydrogen-bond donors (Lipinski definition) is 3. The van der Waals surface area contributed by atoms with E-state index >= 15 is 0 Å². The van der Waals surface area contributed by atoms with Crippen LogP contribution in [0.1, 0.15) is 25.0 Å². The molecule has 0 spiro atoms. The highest BCUT2D eigenvalue weighted by molar-refractivity contribution is 6.29. The number of carbonyl (C=O) groups is 3. The molecule has 1 aromatic carbocycles. The average molecular weight is 434 g/mol. The van der Waals surface area contributed by atoms with E-state index in [1.807, 2.05) is 30.3 Å². The van der Waals surface area contributed by atoms with Crippen molar-refractivity contribution in [2.45, 2.75) is 39.0 Å². The molecule has 0 radical (unpaired) electrons. The molecule has 0 unspecified atom stereocenters. The third-order valence-electron chi connectivity index (χ3n) is 4.28. The summed E-state index contributed by atoms with van der Waals surface area (Å²) in [6.07, 6.45) is 0.708. The van der Waals surface area contributed by atoms with Crippen LogP contribution in [0.15, 0.2) is 48.7 Å². The highest BCUT2D eigenvalue weighted by Gasteiger charge is 2.29. The molecule has 1 heterocycles. The molecule has 30 heavy (non-hydrogen) atoms. The molecule has 0 aliphatic rings. The molecule has 8 nitrogen and oxygen atoms in total. The first-order valence-corrected chi connectivity index (χ1v) is 9.75. The lowest BCUT2D eigenvalue weighted by Crippen LogP contribution is -2.54. The van der Waals surface area contributed by atoms with E-state index in [-0.39, 0.29) is 24.1 Å². The zero-order valence-electron chi connectivity index (χ0n) is 16.7. The fourth-order valence-corrected chi connectivity index (χ4v) is 2.76. The highest BCUT2D eigenvalue weighted by Crippen LogP contribution is 2.09. The molecule has 1 aromatic heterocycles. The van der Waals surface area contributed by atoms with E-state index in [0.717, 1.165) is 5.56 Å². The van der Waals surface area contributed by atoms with Gasteiger partial charge in [0.15, 0.2) is 0 Å². The predicted octanol–water partition coefficient (Wildman–Crippen LogP) is 2.80. The van der Waals surface area contributed by atoms with Crippen molar-refractivity contribution in [3.8, 4) is 0 Å². The van der Waals surface area contributed by atoms with Crippen LogP contribution >= 0.6 is 11.6 Å². The van der Waals surface area contributed by atoms with E-state index in [2.05, 4.69) is 15.6 Å². The van der Waals surface area contributed by atoms with Gasteiger partial charge in [-0.3, -0.25) is 4.79 Å². The molecule has 2 atom stereocenters. The van der Waals surface area contributed by atoms with Gasteiger partial charge in [-0.2, -0.15) is 0 Å². The van der Waals surface area contributed by atoms with E-state index in [1.165, 1.54) is 6.20 Å². The van der Waals surface area contributed by atoms with Gasteiger partial charge in [0.25, 0.3) is 0 Å². The normalized spacial score (nSPS) is 12.7. The van der Waals surface area contributed by atoms with Gasteiger partial charge in [-0.05, 0) is 23.1 Å². The summed E-state index contributed by atoms with van der Waals surface area (Å²) in [5.74, 6) is -2.11. The maximum absolute atomic E-state index is 12.7. The lowest BCUT2D eigenvalue weighted by molar-refractivity contribution is -0.142. The number of carboxylic acid groups (broad SMARTS) is 1. The van der Waals surface area contributed by atoms with Gasteiger partial charge in [-0.1, -0.05) is 61.8 Å². The summed E-state index contributed by atoms with van der Waals surface area (Å²) in [7, 11) is 0. The average Bonchev–Trinajstić information content (AvgIpc) is 2.71. The number of carbonyl (C=O) groups excluding carboxylic acids is 2. The zero-order valence-corrected chi connectivity index (χ0v) is 17.4. The van der Waals surface area contributed by atoms with Crippen LogP contribution in [0, 0.1) is 5.92 Å². The summed E-state index contributed by atoms with van der Waals surface area (Å²) in [5, 5.41) is 14.7. The number of benzene rings is 1. The van der Waals surface area contributed by atoms with Gasteiger partial charge in [-0.15, -0.1) is 0 Å². The molecule has 160 valence electrons. The van der Waals surface area contributed by atoms with Crippen LogP contribution < -0.4 is 10.6 Å². The van der Waals surface area contributed by atoms with Crippen molar-refractivity contribution >= 4 is 29.6 Å². The van der Waals surface area contributed by atoms with E-state index in [9.17, 15) is 19.5 Å². The molecule has 0 saturated heterocycles. The van der Waals surface area contributed by atoms with E-state index in [1.54, 1.807) is 26.0 Å². The fourth-order valence-electron chi connectivity index (χ4n) is 2.65. The van der Waals surface area contributed by atoms with Crippen LogP contribution in [0.2, 0.25) is 5.15 Å². The number of alkyl carbamates (subject to hydrolysis) is 1. The quantitative estimate of drug-likeness (QED) is 0.523. The Morgan fingerprint density at radius 3 is 2.33 bits per heavy atom. The molecular weight excluding hydrogens is 410 g/mol. The van der Waals surface area contributed by atoms with E-state index in [0.29, 0.717) is 5.56 Å². The van der Waals surface area contributed by atoms with Crippen LogP contribution in [-0.4, -0.2) is 40.1 Å². The minimum Gasteiger partial charge on any atom is -0.480 e. The van der Waals surface area contributed by atoms with Crippen molar-refractivity contribution in [3.05, 3.63) is 64.9 Å². The number of aromatic nitrogens is 1. The first-order valence-electron chi connectivity index (χ1n) is 9.37. The second kappa shape index (κ2) is 11.2. The summed E-state index contributed by atoms with van der Waals surface area (Å²) in [6.45, 7) is 3.53. The largest absolute Gasteiger partial charge is 0.480 e. The smallest absolute Gasteiger partial charge is 0.408 e. The second-order valence-electron chi connectivity index (χ2n) is 7.02. The minimum absolute atomic E-state index is 0.0223. The number of hydrogen-bond acceptors (Lipinski definition) is 5. The van der Waals surface area contributed by atoms with Gasteiger partial charge in [0.2, 0.25) is 5.91 Å². The Bertz CT molecular complexity index is 859. The third-order valence-corrected chi connectivity index (χ3v) is 4.50. The molecule has 3 N–H and O–H groups in total. The standard InChI is InChI=1S/C21H24ClN3O5/c1-13(2)18(25-21(29)30-12-14-6-4-3-5-7-14)19(26)24-16(20(27)28)10-15-8-9-17(22)23-11-15/h3-9,11,13,16,18H,10,12H2,1-2H3,(H,24,26)(H,25,29)(H,27,28)/t16-,18-/m1/s1. The number of carboxylic acids is 1. The Morgan fingerprint density at radius 1 is 1.07 bits per heavy atom. The number of amides is 2. The Kier molecular flexibility index (Phi) is 8.61. The minimum atomic E-state index is -1.20. The van der Waals surface area contributed by atoms with Crippen molar-refractivity contribution in [2.75, 3.05) is 0 Å². The van der Waals surface area contributed by atoms with Crippen LogP contribution in [0.25, 0.3) is 0 Å². The number of ether oxygens (including phenoxy) is 1. The Morgan fingerprint density at radius 2 is 1.77 bits per heavy atom.